The molecular weight excluding hydrogens is 1170 g/mol. The summed E-state index contributed by atoms with van der Waals surface area (Å²) in [5.74, 6) is -5.61. The maximum Gasteiger partial charge on any atom is 0.343 e. The average Bonchev–Trinajstić information content (AvgIpc) is 0.703. The van der Waals surface area contributed by atoms with Crippen molar-refractivity contribution in [3.63, 3.8) is 0 Å². The minimum absolute atomic E-state index is 0.00126. The zero-order valence-electron chi connectivity index (χ0n) is 49.5. The van der Waals surface area contributed by atoms with Gasteiger partial charge >= 0.3 is 35.8 Å². The zero-order chi connectivity index (χ0) is 64.0. The summed E-state index contributed by atoms with van der Waals surface area (Å²) in [5, 5.41) is 0. The van der Waals surface area contributed by atoms with Crippen LogP contribution >= 0.6 is 0 Å². The Morgan fingerprint density at radius 1 is 0.172 bits per heavy atom. The summed E-state index contributed by atoms with van der Waals surface area (Å²) < 4.78 is 48.5. The van der Waals surface area contributed by atoms with Crippen LogP contribution in [-0.4, -0.2) is 35.8 Å². The molecule has 0 aliphatic heterocycles. The Bertz CT molecular complexity index is 3890. The number of carbonyl (C=O) groups excluding carboxylic acids is 6. The van der Waals surface area contributed by atoms with Crippen LogP contribution in [0.25, 0.3) is 0 Å². The van der Waals surface area contributed by atoms with Gasteiger partial charge in [-0.3, -0.25) is 0 Å². The summed E-state index contributed by atoms with van der Waals surface area (Å²) >= 11 is 0. The molecule has 0 radical (unpaired) electrons. The second-order valence-corrected chi connectivity index (χ2v) is 21.0. The summed E-state index contributed by atoms with van der Waals surface area (Å²) in [6, 6.07) is 88.8. The van der Waals surface area contributed by atoms with Crippen LogP contribution in [0.15, 0.2) is 328 Å². The fourth-order valence-corrected chi connectivity index (χ4v) is 10.9. The highest BCUT2D eigenvalue weighted by molar-refractivity contribution is 5.95. The van der Waals surface area contributed by atoms with E-state index in [-0.39, 0.29) is 101 Å². The lowest BCUT2D eigenvalue weighted by Gasteiger charge is -2.47. The smallest absolute Gasteiger partial charge is 0.343 e. The molecule has 12 aromatic carbocycles. The number of benzene rings is 12. The second kappa shape index (κ2) is 27.9. The molecule has 13 heteroatoms. The van der Waals surface area contributed by atoms with Crippen molar-refractivity contribution in [1.29, 1.82) is 0 Å². The Labute approximate surface area is 535 Å². The molecule has 12 rings (SSSR count). The Morgan fingerprint density at radius 2 is 0.301 bits per heavy atom. The van der Waals surface area contributed by atoms with Crippen molar-refractivity contribution in [1.82, 2.24) is 0 Å². The SMILES string of the molecule is O=C(Oc1ccccc1C(OC(c1ccccc1OC(=O)c1ccccc1)(c1ccccc1OC(=O)c1ccccc1)c1ccccc1OC(=O)c1ccccc1)(c1ccccc1OC(=O)c1ccccc1)c1ccccc1OC(=O)c1ccccc1)c1ccccc1. The largest absolute Gasteiger partial charge is 0.422 e. The summed E-state index contributed by atoms with van der Waals surface area (Å²) in [6.07, 6.45) is 0. The molecule has 0 heterocycles. The lowest BCUT2D eigenvalue weighted by Crippen LogP contribution is -2.46. The molecule has 0 aliphatic rings. The number of esters is 6. The molecule has 0 saturated heterocycles. The van der Waals surface area contributed by atoms with Crippen LogP contribution < -0.4 is 28.4 Å². The Balaban J connectivity index is 1.27. The summed E-state index contributed by atoms with van der Waals surface area (Å²) in [5.41, 5.74) is -4.13. The quantitative estimate of drug-likeness (QED) is 0.0402. The molecule has 12 aromatic rings. The molecule has 0 saturated carbocycles. The van der Waals surface area contributed by atoms with Gasteiger partial charge in [0.1, 0.15) is 34.5 Å². The molecule has 0 bridgehead atoms. The third-order valence-electron chi connectivity index (χ3n) is 15.2. The van der Waals surface area contributed by atoms with Gasteiger partial charge in [0.25, 0.3) is 0 Å². The highest BCUT2D eigenvalue weighted by atomic mass is 16.6. The van der Waals surface area contributed by atoms with Gasteiger partial charge in [-0.15, -0.1) is 0 Å². The first-order valence-electron chi connectivity index (χ1n) is 29.5. The molecule has 0 aromatic heterocycles. The Hall–Kier alpha value is -12.6. The normalized spacial score (nSPS) is 11.1. The van der Waals surface area contributed by atoms with Crippen LogP contribution in [0.5, 0.6) is 34.5 Å². The van der Waals surface area contributed by atoms with Gasteiger partial charge in [0.15, 0.2) is 11.2 Å². The van der Waals surface area contributed by atoms with Crippen molar-refractivity contribution >= 4 is 35.8 Å². The number of rotatable bonds is 20. The van der Waals surface area contributed by atoms with Crippen LogP contribution in [0.2, 0.25) is 0 Å². The van der Waals surface area contributed by atoms with Gasteiger partial charge in [0, 0.05) is 33.4 Å². The highest BCUT2D eigenvalue weighted by Gasteiger charge is 2.56. The molecular formula is C80H54O13. The topological polar surface area (TPSA) is 167 Å². The fraction of sp³-hybridized carbons (Fsp3) is 0.0250. The number of hydrogen-bond acceptors (Lipinski definition) is 13. The van der Waals surface area contributed by atoms with Crippen LogP contribution in [-0.2, 0) is 15.9 Å². The van der Waals surface area contributed by atoms with E-state index in [2.05, 4.69) is 0 Å². The summed E-state index contributed by atoms with van der Waals surface area (Å²) in [6.45, 7) is 0. The number of carbonyl (C=O) groups is 6. The van der Waals surface area contributed by atoms with Crippen LogP contribution in [0.4, 0.5) is 0 Å². The number of ether oxygens (including phenoxy) is 7. The maximum atomic E-state index is 14.9. The first kappa shape index (κ1) is 60.7. The lowest BCUT2D eigenvalue weighted by molar-refractivity contribution is -0.0852. The third-order valence-corrected chi connectivity index (χ3v) is 15.2. The standard InChI is InChI=1S/C80H54O13/c81-73(55-31-7-1-8-32-55)87-67-49-25-19-43-61(67)79(62-44-20-26-50-68(62)88-74(82)56-33-9-2-10-34-56,63-45-21-27-51-69(63)89-75(83)57-35-11-3-12-36-57)93-80(64-46-22-28-52-70(64)90-76(84)58-37-13-4-14-38-58,65-47-23-29-53-71(65)91-77(85)59-39-15-5-16-40-59)66-48-24-30-54-72(66)92-78(86)60-41-17-6-18-42-60/h1-54H. The first-order chi connectivity index (χ1) is 45.6. The van der Waals surface area contributed by atoms with Gasteiger partial charge in [0.05, 0.1) is 33.4 Å². The summed E-state index contributed by atoms with van der Waals surface area (Å²) in [4.78, 5) is 89.4. The second-order valence-electron chi connectivity index (χ2n) is 21.0. The highest BCUT2D eigenvalue weighted by Crippen LogP contribution is 2.60. The number of hydrogen-bond donors (Lipinski definition) is 0. The van der Waals surface area contributed by atoms with Crippen molar-refractivity contribution < 1.29 is 61.9 Å². The van der Waals surface area contributed by atoms with Gasteiger partial charge in [-0.25, -0.2) is 28.8 Å². The van der Waals surface area contributed by atoms with Crippen molar-refractivity contribution in [2.45, 2.75) is 11.2 Å². The molecule has 0 unspecified atom stereocenters. The van der Waals surface area contributed by atoms with Gasteiger partial charge < -0.3 is 33.2 Å². The monoisotopic (exact) mass is 1220 g/mol. The van der Waals surface area contributed by atoms with E-state index < -0.39 is 47.0 Å². The van der Waals surface area contributed by atoms with E-state index in [1.165, 1.54) is 0 Å². The van der Waals surface area contributed by atoms with Gasteiger partial charge in [-0.05, 0) is 109 Å². The number of para-hydroxylation sites is 6. The Morgan fingerprint density at radius 3 is 0.452 bits per heavy atom. The maximum absolute atomic E-state index is 14.9. The van der Waals surface area contributed by atoms with E-state index in [1.807, 2.05) is 0 Å². The van der Waals surface area contributed by atoms with E-state index in [9.17, 15) is 28.8 Å². The molecule has 93 heavy (non-hydrogen) atoms. The molecule has 13 nitrogen and oxygen atoms in total. The molecule has 0 N–H and O–H groups in total. The van der Waals surface area contributed by atoms with Gasteiger partial charge in [0.2, 0.25) is 0 Å². The summed E-state index contributed by atoms with van der Waals surface area (Å²) in [7, 11) is 0. The molecule has 452 valence electrons. The molecule has 0 aliphatic carbocycles. The molecule has 0 amide bonds. The fourth-order valence-electron chi connectivity index (χ4n) is 10.9. The van der Waals surface area contributed by atoms with Crippen molar-refractivity contribution in [3.05, 3.63) is 394 Å². The minimum Gasteiger partial charge on any atom is -0.422 e. The Kier molecular flexibility index (Phi) is 18.2. The van der Waals surface area contributed by atoms with Crippen molar-refractivity contribution in [2.24, 2.45) is 0 Å². The van der Waals surface area contributed by atoms with Gasteiger partial charge in [-0.1, -0.05) is 218 Å². The van der Waals surface area contributed by atoms with Crippen LogP contribution in [0, 0.1) is 0 Å². The molecule has 0 fully saturated rings. The van der Waals surface area contributed by atoms with E-state index in [0.29, 0.717) is 0 Å². The first-order valence-corrected chi connectivity index (χ1v) is 29.5. The predicted molar refractivity (Wildman–Crippen MR) is 348 cm³/mol. The van der Waals surface area contributed by atoms with E-state index in [1.54, 1.807) is 328 Å². The minimum atomic E-state index is -2.57. The average molecular weight is 1220 g/mol. The van der Waals surface area contributed by atoms with Crippen molar-refractivity contribution in [3.8, 4) is 34.5 Å². The van der Waals surface area contributed by atoms with E-state index in [4.69, 9.17) is 33.2 Å². The predicted octanol–water partition coefficient (Wildman–Crippen LogP) is 16.3. The molecule has 0 atom stereocenters. The van der Waals surface area contributed by atoms with Crippen LogP contribution in [0.1, 0.15) is 95.5 Å². The lowest BCUT2D eigenvalue weighted by atomic mass is 9.74. The van der Waals surface area contributed by atoms with E-state index >= 15 is 0 Å². The third kappa shape index (κ3) is 13.0. The van der Waals surface area contributed by atoms with Crippen LogP contribution in [0.3, 0.4) is 0 Å². The molecule has 0 spiro atoms. The van der Waals surface area contributed by atoms with Crippen molar-refractivity contribution in [2.75, 3.05) is 0 Å². The zero-order valence-corrected chi connectivity index (χ0v) is 49.5. The van der Waals surface area contributed by atoms with Gasteiger partial charge in [-0.2, -0.15) is 0 Å². The van der Waals surface area contributed by atoms with E-state index in [0.717, 1.165) is 0 Å².